The van der Waals surface area contributed by atoms with Crippen LogP contribution in [0.5, 0.6) is 5.75 Å². The van der Waals surface area contributed by atoms with Crippen molar-refractivity contribution in [2.24, 2.45) is 0 Å². The Bertz CT molecular complexity index is 1200. The van der Waals surface area contributed by atoms with Crippen molar-refractivity contribution in [3.63, 3.8) is 0 Å². The van der Waals surface area contributed by atoms with Crippen molar-refractivity contribution in [2.45, 2.75) is 110 Å². The standard InChI is InChI=1S/C32H50O5SSi2/c1-12-22(14-13-15-28(33)34)23-18-25(38-21-23)20-35-24-16-17-26(31(8,9)36-39-29(2,3)4)27(19-24)32(10,11)37-40-30(5,6)7/h13-19,21H,12,20,39-40H2,1-11H3,(H,33,34). The van der Waals surface area contributed by atoms with Crippen molar-refractivity contribution >= 4 is 42.4 Å². The summed E-state index contributed by atoms with van der Waals surface area (Å²) in [5.41, 5.74) is 3.55. The molecule has 0 radical (unpaired) electrons. The van der Waals surface area contributed by atoms with Crippen LogP contribution in [0, 0.1) is 0 Å². The number of thiophene rings is 1. The normalized spacial score (nSPS) is 14.3. The Morgan fingerprint density at radius 2 is 1.48 bits per heavy atom. The maximum Gasteiger partial charge on any atom is 0.328 e. The highest BCUT2D eigenvalue weighted by atomic mass is 32.1. The van der Waals surface area contributed by atoms with Crippen LogP contribution in [0.25, 0.3) is 5.57 Å². The third-order valence-electron chi connectivity index (χ3n) is 6.34. The van der Waals surface area contributed by atoms with Crippen molar-refractivity contribution in [3.8, 4) is 5.75 Å². The molecule has 1 heterocycles. The van der Waals surface area contributed by atoms with Crippen LogP contribution < -0.4 is 4.74 Å². The number of carboxylic acid groups (broad SMARTS) is 1. The molecule has 5 nitrogen and oxygen atoms in total. The van der Waals surface area contributed by atoms with Gasteiger partial charge in [0.25, 0.3) is 0 Å². The van der Waals surface area contributed by atoms with Crippen LogP contribution in [0.4, 0.5) is 0 Å². The molecule has 0 aliphatic carbocycles. The molecule has 0 unspecified atom stereocenters. The predicted octanol–water partition coefficient (Wildman–Crippen LogP) is 7.87. The Kier molecular flexibility index (Phi) is 11.8. The van der Waals surface area contributed by atoms with Crippen LogP contribution in [0.2, 0.25) is 10.1 Å². The third kappa shape index (κ3) is 11.1. The first kappa shape index (κ1) is 34.2. The Balaban J connectivity index is 2.34. The van der Waals surface area contributed by atoms with E-state index in [1.54, 1.807) is 17.4 Å². The molecular formula is C32H50O5SSi2. The fraction of sp³-hybridized carbons (Fsp3) is 0.531. The van der Waals surface area contributed by atoms with E-state index in [0.29, 0.717) is 6.61 Å². The van der Waals surface area contributed by atoms with Crippen molar-refractivity contribution in [1.82, 2.24) is 0 Å². The number of hydrogen-bond donors (Lipinski definition) is 1. The first-order valence-corrected chi connectivity index (χ1v) is 17.5. The smallest absolute Gasteiger partial charge is 0.328 e. The van der Waals surface area contributed by atoms with E-state index in [2.05, 4.69) is 99.7 Å². The van der Waals surface area contributed by atoms with Gasteiger partial charge in [-0.1, -0.05) is 66.7 Å². The molecule has 2 rings (SSSR count). The molecule has 40 heavy (non-hydrogen) atoms. The van der Waals surface area contributed by atoms with Crippen molar-refractivity contribution < 1.29 is 23.5 Å². The third-order valence-corrected chi connectivity index (χ3v) is 10.7. The van der Waals surface area contributed by atoms with Gasteiger partial charge < -0.3 is 18.7 Å². The van der Waals surface area contributed by atoms with Gasteiger partial charge in [-0.25, -0.2) is 4.79 Å². The van der Waals surface area contributed by atoms with Crippen LogP contribution in [-0.2, 0) is 31.5 Å². The van der Waals surface area contributed by atoms with Gasteiger partial charge in [0, 0.05) is 11.0 Å². The van der Waals surface area contributed by atoms with Crippen LogP contribution in [0.15, 0.2) is 47.9 Å². The second-order valence-corrected chi connectivity index (χ2v) is 20.2. The van der Waals surface area contributed by atoms with Crippen molar-refractivity contribution in [2.75, 3.05) is 0 Å². The molecule has 222 valence electrons. The van der Waals surface area contributed by atoms with E-state index in [-0.39, 0.29) is 10.1 Å². The average Bonchev–Trinajstić information content (AvgIpc) is 3.31. The zero-order chi connectivity index (χ0) is 30.4. The largest absolute Gasteiger partial charge is 0.488 e. The fourth-order valence-corrected chi connectivity index (χ4v) is 6.75. The van der Waals surface area contributed by atoms with Gasteiger partial charge in [0.05, 0.1) is 11.2 Å². The molecule has 0 amide bonds. The maximum absolute atomic E-state index is 10.8. The number of aliphatic carboxylic acids is 1. The highest BCUT2D eigenvalue weighted by molar-refractivity contribution is 7.10. The molecule has 1 aromatic heterocycles. The summed E-state index contributed by atoms with van der Waals surface area (Å²) in [6.07, 6.45) is 5.41. The van der Waals surface area contributed by atoms with Gasteiger partial charge in [-0.3, -0.25) is 0 Å². The number of rotatable bonds is 13. The molecule has 0 atom stereocenters. The Labute approximate surface area is 250 Å². The number of ether oxygens (including phenoxy) is 1. The van der Waals surface area contributed by atoms with Gasteiger partial charge >= 0.3 is 5.97 Å². The molecule has 0 spiro atoms. The highest BCUT2D eigenvalue weighted by Gasteiger charge is 2.34. The quantitative estimate of drug-likeness (QED) is 0.144. The van der Waals surface area contributed by atoms with Gasteiger partial charge in [0.2, 0.25) is 0 Å². The minimum absolute atomic E-state index is 0.183. The SMILES string of the molecule is CCC(=CC=CC(=O)O)c1csc(COc2ccc(C(C)(C)O[SiH2]C(C)(C)C)c(C(C)(C)O[SiH2]C(C)(C)C)c2)c1. The molecule has 8 heteroatoms. The summed E-state index contributed by atoms with van der Waals surface area (Å²) in [6, 6.07) is 8.46. The summed E-state index contributed by atoms with van der Waals surface area (Å²) in [6.45, 7) is 24.7. The van der Waals surface area contributed by atoms with E-state index in [4.69, 9.17) is 18.7 Å². The molecule has 0 fully saturated rings. The minimum atomic E-state index is -0.947. The van der Waals surface area contributed by atoms with Crippen LogP contribution in [0.3, 0.4) is 0 Å². The molecule has 0 saturated carbocycles. The molecule has 0 bridgehead atoms. The van der Waals surface area contributed by atoms with Crippen molar-refractivity contribution in [1.29, 1.82) is 0 Å². The Hall–Kier alpha value is -1.98. The minimum Gasteiger partial charge on any atom is -0.488 e. The molecule has 0 aliphatic heterocycles. The summed E-state index contributed by atoms with van der Waals surface area (Å²) in [7, 11) is -1.55. The summed E-state index contributed by atoms with van der Waals surface area (Å²) in [4.78, 5) is 11.9. The fourth-order valence-electron chi connectivity index (χ4n) is 4.03. The van der Waals surface area contributed by atoms with E-state index < -0.39 is 36.7 Å². The zero-order valence-electron chi connectivity index (χ0n) is 26.4. The molecule has 2 aromatic rings. The van der Waals surface area contributed by atoms with Crippen molar-refractivity contribution in [3.05, 3.63) is 69.4 Å². The second-order valence-electron chi connectivity index (χ2n) is 13.8. The van der Waals surface area contributed by atoms with E-state index in [0.717, 1.165) is 45.4 Å². The van der Waals surface area contributed by atoms with Crippen LogP contribution in [0.1, 0.15) is 104 Å². The lowest BCUT2D eigenvalue weighted by Gasteiger charge is -2.37. The van der Waals surface area contributed by atoms with E-state index in [1.165, 1.54) is 0 Å². The van der Waals surface area contributed by atoms with E-state index in [1.807, 2.05) is 12.1 Å². The maximum atomic E-state index is 10.8. The second kappa shape index (κ2) is 13.8. The van der Waals surface area contributed by atoms with E-state index in [9.17, 15) is 4.79 Å². The van der Waals surface area contributed by atoms with Gasteiger partial charge in [-0.05, 0) is 90.0 Å². The number of hydrogen-bond acceptors (Lipinski definition) is 5. The molecule has 1 N–H and O–H groups in total. The lowest BCUT2D eigenvalue weighted by molar-refractivity contribution is -0.131. The Morgan fingerprint density at radius 1 is 0.900 bits per heavy atom. The van der Waals surface area contributed by atoms with E-state index >= 15 is 0 Å². The van der Waals surface area contributed by atoms with Gasteiger partial charge in [-0.15, -0.1) is 11.3 Å². The van der Waals surface area contributed by atoms with Crippen LogP contribution in [-0.4, -0.2) is 30.6 Å². The lowest BCUT2D eigenvalue weighted by atomic mass is 9.85. The molecule has 0 saturated heterocycles. The highest BCUT2D eigenvalue weighted by Crippen LogP contribution is 2.40. The summed E-state index contributed by atoms with van der Waals surface area (Å²) >= 11 is 1.65. The monoisotopic (exact) mass is 602 g/mol. The summed E-state index contributed by atoms with van der Waals surface area (Å²) in [5, 5.41) is 11.3. The number of allylic oxidation sites excluding steroid dienone is 3. The zero-order valence-corrected chi connectivity index (χ0v) is 30.1. The predicted molar refractivity (Wildman–Crippen MR) is 175 cm³/mol. The Morgan fingerprint density at radius 3 is 2.00 bits per heavy atom. The molecule has 0 aliphatic rings. The molecular weight excluding hydrogens is 553 g/mol. The van der Waals surface area contributed by atoms with Gasteiger partial charge in [0.1, 0.15) is 12.4 Å². The topological polar surface area (TPSA) is 65.0 Å². The van der Waals surface area contributed by atoms with Crippen LogP contribution >= 0.6 is 11.3 Å². The van der Waals surface area contributed by atoms with Gasteiger partial charge in [0.15, 0.2) is 19.5 Å². The number of benzene rings is 1. The first-order valence-electron chi connectivity index (χ1n) is 14.1. The summed E-state index contributed by atoms with van der Waals surface area (Å²) in [5.74, 6) is -0.139. The summed E-state index contributed by atoms with van der Waals surface area (Å²) < 4.78 is 19.6. The number of carbonyl (C=O) groups is 1. The number of carboxylic acids is 1. The van der Waals surface area contributed by atoms with Gasteiger partial charge in [-0.2, -0.15) is 0 Å². The average molecular weight is 603 g/mol. The first-order chi connectivity index (χ1) is 18.3. The lowest BCUT2D eigenvalue weighted by Crippen LogP contribution is -2.34. The molecule has 1 aromatic carbocycles.